The number of halogens is 3. The van der Waals surface area contributed by atoms with Crippen LogP contribution in [0.1, 0.15) is 0 Å². The predicted molar refractivity (Wildman–Crippen MR) is 63.1 cm³/mol. The van der Waals surface area contributed by atoms with E-state index in [2.05, 4.69) is 5.32 Å². The molecule has 0 heterocycles. The zero-order chi connectivity index (χ0) is 11.4. The molecule has 0 fully saturated rings. The lowest BCUT2D eigenvalue weighted by Gasteiger charge is -2.12. The molecule has 3 N–H and O–H groups in total. The summed E-state index contributed by atoms with van der Waals surface area (Å²) in [5.74, 6) is 0. The van der Waals surface area contributed by atoms with Crippen molar-refractivity contribution in [1.82, 2.24) is 0 Å². The van der Waals surface area contributed by atoms with E-state index in [9.17, 15) is 0 Å². The minimum absolute atomic E-state index is 0.189. The molecule has 0 aromatic heterocycles. The van der Waals surface area contributed by atoms with E-state index in [-0.39, 0.29) is 13.2 Å². The summed E-state index contributed by atoms with van der Waals surface area (Å²) in [5.41, 5.74) is 0.568. The highest BCUT2D eigenvalue weighted by Crippen LogP contribution is 2.32. The van der Waals surface area contributed by atoms with Gasteiger partial charge >= 0.3 is 0 Å². The van der Waals surface area contributed by atoms with Gasteiger partial charge in [-0.1, -0.05) is 34.8 Å². The van der Waals surface area contributed by atoms with Crippen molar-refractivity contribution in [2.45, 2.75) is 6.10 Å². The first-order valence-corrected chi connectivity index (χ1v) is 5.35. The van der Waals surface area contributed by atoms with E-state index in [0.717, 1.165) is 0 Å². The molecule has 84 valence electrons. The van der Waals surface area contributed by atoms with Crippen LogP contribution in [0.5, 0.6) is 0 Å². The zero-order valence-electron chi connectivity index (χ0n) is 7.67. The molecule has 0 radical (unpaired) electrons. The molecule has 0 aliphatic heterocycles. The molecule has 0 aliphatic carbocycles. The van der Waals surface area contributed by atoms with Gasteiger partial charge in [0.25, 0.3) is 0 Å². The van der Waals surface area contributed by atoms with Crippen LogP contribution in [0.4, 0.5) is 5.69 Å². The van der Waals surface area contributed by atoms with E-state index in [1.165, 1.54) is 6.07 Å². The van der Waals surface area contributed by atoms with Gasteiger partial charge in [-0.3, -0.25) is 0 Å². The summed E-state index contributed by atoms with van der Waals surface area (Å²) in [6, 6.07) is 3.08. The van der Waals surface area contributed by atoms with Crippen molar-refractivity contribution in [2.24, 2.45) is 0 Å². The normalized spacial score (nSPS) is 12.6. The third-order valence-corrected chi connectivity index (χ3v) is 2.78. The van der Waals surface area contributed by atoms with Gasteiger partial charge in [0.15, 0.2) is 0 Å². The van der Waals surface area contributed by atoms with Gasteiger partial charge in [-0.15, -0.1) is 0 Å². The van der Waals surface area contributed by atoms with E-state index in [0.29, 0.717) is 20.8 Å². The maximum atomic E-state index is 9.12. The summed E-state index contributed by atoms with van der Waals surface area (Å²) < 4.78 is 0. The van der Waals surface area contributed by atoms with Crippen LogP contribution < -0.4 is 5.32 Å². The van der Waals surface area contributed by atoms with Crippen LogP contribution in [-0.2, 0) is 0 Å². The lowest BCUT2D eigenvalue weighted by atomic mass is 10.3. The second-order valence-electron chi connectivity index (χ2n) is 2.96. The molecule has 0 unspecified atom stereocenters. The predicted octanol–water partition coefficient (Wildman–Crippen LogP) is 2.41. The van der Waals surface area contributed by atoms with E-state index in [1.807, 2.05) is 0 Å². The van der Waals surface area contributed by atoms with Gasteiger partial charge in [0.2, 0.25) is 0 Å². The molecule has 1 aromatic carbocycles. The first-order valence-electron chi connectivity index (χ1n) is 4.22. The molecule has 1 atom stereocenters. The summed E-state index contributed by atoms with van der Waals surface area (Å²) >= 11 is 17.4. The van der Waals surface area contributed by atoms with Crippen molar-refractivity contribution in [1.29, 1.82) is 0 Å². The Morgan fingerprint density at radius 3 is 2.33 bits per heavy atom. The van der Waals surface area contributed by atoms with Gasteiger partial charge in [-0.25, -0.2) is 0 Å². The summed E-state index contributed by atoms with van der Waals surface area (Å²) in [6.45, 7) is -0.125. The Kier molecular flexibility index (Phi) is 4.96. The van der Waals surface area contributed by atoms with Crippen molar-refractivity contribution < 1.29 is 10.2 Å². The van der Waals surface area contributed by atoms with E-state index in [4.69, 9.17) is 45.0 Å². The molecule has 15 heavy (non-hydrogen) atoms. The molecule has 0 bridgehead atoms. The average Bonchev–Trinajstić information content (AvgIpc) is 2.21. The third kappa shape index (κ3) is 3.70. The summed E-state index contributed by atoms with van der Waals surface area (Å²) in [4.78, 5) is 0. The Morgan fingerprint density at radius 2 is 1.73 bits per heavy atom. The number of aliphatic hydroxyl groups excluding tert-OH is 2. The first kappa shape index (κ1) is 12.9. The molecule has 0 saturated carbocycles. The Bertz CT molecular complexity index is 346. The van der Waals surface area contributed by atoms with E-state index in [1.54, 1.807) is 6.07 Å². The lowest BCUT2D eigenvalue weighted by molar-refractivity contribution is 0.105. The van der Waals surface area contributed by atoms with Crippen LogP contribution in [-0.4, -0.2) is 29.5 Å². The third-order valence-electron chi connectivity index (χ3n) is 1.75. The fourth-order valence-corrected chi connectivity index (χ4v) is 1.56. The molecular formula is C9H10Cl3NO2. The Labute approximate surface area is 103 Å². The second-order valence-corrected chi connectivity index (χ2v) is 4.19. The summed E-state index contributed by atoms with van der Waals surface area (Å²) in [7, 11) is 0. The standard InChI is InChI=1S/C9H10Cl3NO2/c10-6-1-8(12)9(2-7(6)11)13-3-5(15)4-14/h1-2,5,13-15H,3-4H2/t5-/m0/s1. The molecule has 1 rings (SSSR count). The number of benzene rings is 1. The fourth-order valence-electron chi connectivity index (χ4n) is 0.950. The Hall–Kier alpha value is -0.190. The van der Waals surface area contributed by atoms with Gasteiger partial charge in [-0.2, -0.15) is 0 Å². The summed E-state index contributed by atoms with van der Waals surface area (Å²) in [6.07, 6.45) is -0.837. The van der Waals surface area contributed by atoms with Gasteiger partial charge in [0, 0.05) is 6.54 Å². The van der Waals surface area contributed by atoms with Crippen LogP contribution in [0.2, 0.25) is 15.1 Å². The van der Waals surface area contributed by atoms with Crippen molar-refractivity contribution in [3.05, 3.63) is 27.2 Å². The van der Waals surface area contributed by atoms with Crippen LogP contribution in [0.25, 0.3) is 0 Å². The van der Waals surface area contributed by atoms with Crippen molar-refractivity contribution in [3.63, 3.8) is 0 Å². The number of hydrogen-bond donors (Lipinski definition) is 3. The van der Waals surface area contributed by atoms with Gasteiger partial charge in [-0.05, 0) is 12.1 Å². The van der Waals surface area contributed by atoms with Gasteiger partial charge < -0.3 is 15.5 Å². The SMILES string of the molecule is OC[C@@H](O)CNc1cc(Cl)c(Cl)cc1Cl. The van der Waals surface area contributed by atoms with Crippen LogP contribution in [0.15, 0.2) is 12.1 Å². The molecular weight excluding hydrogens is 260 g/mol. The zero-order valence-corrected chi connectivity index (χ0v) is 9.94. The molecule has 0 amide bonds. The molecule has 0 aliphatic rings. The number of rotatable bonds is 4. The first-order chi connectivity index (χ1) is 7.04. The van der Waals surface area contributed by atoms with Crippen LogP contribution in [0, 0.1) is 0 Å². The van der Waals surface area contributed by atoms with E-state index < -0.39 is 6.10 Å². The highest BCUT2D eigenvalue weighted by Gasteiger charge is 2.07. The molecule has 0 spiro atoms. The number of hydrogen-bond acceptors (Lipinski definition) is 3. The van der Waals surface area contributed by atoms with Crippen molar-refractivity contribution >= 4 is 40.5 Å². The number of nitrogens with one attached hydrogen (secondary N) is 1. The largest absolute Gasteiger partial charge is 0.394 e. The number of aliphatic hydroxyl groups is 2. The minimum Gasteiger partial charge on any atom is -0.394 e. The Balaban J connectivity index is 2.73. The van der Waals surface area contributed by atoms with Crippen LogP contribution >= 0.6 is 34.8 Å². The van der Waals surface area contributed by atoms with Crippen LogP contribution in [0.3, 0.4) is 0 Å². The van der Waals surface area contributed by atoms with Crippen molar-refractivity contribution in [3.8, 4) is 0 Å². The monoisotopic (exact) mass is 269 g/mol. The molecule has 6 heteroatoms. The average molecular weight is 271 g/mol. The fraction of sp³-hybridized carbons (Fsp3) is 0.333. The topological polar surface area (TPSA) is 52.5 Å². The second kappa shape index (κ2) is 5.77. The van der Waals surface area contributed by atoms with E-state index >= 15 is 0 Å². The molecule has 0 saturated heterocycles. The smallest absolute Gasteiger partial charge is 0.0942 e. The lowest BCUT2D eigenvalue weighted by Crippen LogP contribution is -2.23. The molecule has 1 aromatic rings. The van der Waals surface area contributed by atoms with Gasteiger partial charge in [0.05, 0.1) is 33.5 Å². The van der Waals surface area contributed by atoms with Crippen molar-refractivity contribution in [2.75, 3.05) is 18.5 Å². The minimum atomic E-state index is -0.837. The Morgan fingerprint density at radius 1 is 1.13 bits per heavy atom. The summed E-state index contributed by atoms with van der Waals surface area (Å²) in [5, 5.41) is 21.7. The number of anilines is 1. The highest BCUT2D eigenvalue weighted by atomic mass is 35.5. The highest BCUT2D eigenvalue weighted by molar-refractivity contribution is 6.44. The molecule has 3 nitrogen and oxygen atoms in total. The quantitative estimate of drug-likeness (QED) is 0.737. The van der Waals surface area contributed by atoms with Gasteiger partial charge in [0.1, 0.15) is 0 Å². The maximum Gasteiger partial charge on any atom is 0.0942 e. The maximum absolute atomic E-state index is 9.12.